The Morgan fingerprint density at radius 2 is 1.88 bits per heavy atom. The number of amides is 1. The van der Waals surface area contributed by atoms with Crippen molar-refractivity contribution in [3.05, 3.63) is 53.4 Å². The van der Waals surface area contributed by atoms with E-state index < -0.39 is 0 Å². The van der Waals surface area contributed by atoms with Crippen LogP contribution in [-0.4, -0.2) is 36.7 Å². The topological polar surface area (TPSA) is 77.9 Å². The molecule has 134 valence electrons. The number of carbonyl (C=O) groups excluding carboxylic acids is 1. The summed E-state index contributed by atoms with van der Waals surface area (Å²) in [4.78, 5) is 14.5. The molecule has 0 aliphatic carbocycles. The summed E-state index contributed by atoms with van der Waals surface area (Å²) in [6.07, 6.45) is 2.28. The molecule has 3 aromatic rings. The molecule has 0 saturated carbocycles. The molecule has 7 heteroatoms. The molecule has 4 rings (SSSR count). The summed E-state index contributed by atoms with van der Waals surface area (Å²) >= 11 is 0. The van der Waals surface area contributed by atoms with Crippen LogP contribution in [0.5, 0.6) is 11.5 Å². The average Bonchev–Trinajstić information content (AvgIpc) is 3.37. The predicted octanol–water partition coefficient (Wildman–Crippen LogP) is 3.15. The van der Waals surface area contributed by atoms with Gasteiger partial charge in [-0.15, -0.1) is 0 Å². The average molecular weight is 354 g/mol. The van der Waals surface area contributed by atoms with Crippen molar-refractivity contribution in [2.45, 2.75) is 13.0 Å². The first-order chi connectivity index (χ1) is 12.7. The van der Waals surface area contributed by atoms with Crippen molar-refractivity contribution < 1.29 is 23.2 Å². The minimum atomic E-state index is -0.174. The van der Waals surface area contributed by atoms with Gasteiger partial charge in [-0.1, -0.05) is 5.16 Å². The molecular weight excluding hydrogens is 336 g/mol. The number of hydrogen-bond acceptors (Lipinski definition) is 6. The van der Waals surface area contributed by atoms with Crippen molar-refractivity contribution in [1.29, 1.82) is 0 Å². The highest BCUT2D eigenvalue weighted by Gasteiger charge is 2.26. The van der Waals surface area contributed by atoms with Gasteiger partial charge in [-0.3, -0.25) is 4.79 Å². The number of furan rings is 1. The van der Waals surface area contributed by atoms with Gasteiger partial charge < -0.3 is 23.3 Å². The first-order valence-corrected chi connectivity index (χ1v) is 8.23. The number of benzene rings is 1. The Morgan fingerprint density at radius 1 is 1.12 bits per heavy atom. The van der Waals surface area contributed by atoms with E-state index in [1.165, 1.54) is 0 Å². The fourth-order valence-electron chi connectivity index (χ4n) is 3.13. The molecule has 3 heterocycles. The highest BCUT2D eigenvalue weighted by molar-refractivity contribution is 5.93. The minimum Gasteiger partial charge on any atom is -0.493 e. The van der Waals surface area contributed by atoms with Crippen molar-refractivity contribution >= 4 is 5.91 Å². The summed E-state index contributed by atoms with van der Waals surface area (Å²) < 4.78 is 21.2. The standard InChI is InChI=1S/C19H18N2O5/c1-23-16-8-12-5-6-21(11-13(12)9-17(16)24-2)19(22)14-10-18(26-20-14)15-4-3-7-25-15/h3-4,7-10H,5-6,11H2,1-2H3. The molecule has 1 aliphatic heterocycles. The number of nitrogens with zero attached hydrogens (tertiary/aromatic N) is 2. The third kappa shape index (κ3) is 2.81. The van der Waals surface area contributed by atoms with Gasteiger partial charge in [0.05, 0.1) is 20.5 Å². The Morgan fingerprint density at radius 3 is 2.58 bits per heavy atom. The lowest BCUT2D eigenvalue weighted by atomic mass is 9.98. The van der Waals surface area contributed by atoms with Crippen LogP contribution in [0.2, 0.25) is 0 Å². The van der Waals surface area contributed by atoms with Crippen LogP contribution in [0.3, 0.4) is 0 Å². The lowest BCUT2D eigenvalue weighted by Crippen LogP contribution is -2.36. The lowest BCUT2D eigenvalue weighted by Gasteiger charge is -2.29. The second kappa shape index (κ2) is 6.59. The van der Waals surface area contributed by atoms with Crippen molar-refractivity contribution in [3.8, 4) is 23.0 Å². The first kappa shape index (κ1) is 16.3. The van der Waals surface area contributed by atoms with E-state index in [2.05, 4.69) is 5.16 Å². The van der Waals surface area contributed by atoms with Crippen LogP contribution < -0.4 is 9.47 Å². The van der Waals surface area contributed by atoms with Gasteiger partial charge in [0.1, 0.15) is 0 Å². The molecule has 1 amide bonds. The highest BCUT2D eigenvalue weighted by atomic mass is 16.5. The molecule has 26 heavy (non-hydrogen) atoms. The first-order valence-electron chi connectivity index (χ1n) is 8.23. The number of carbonyl (C=O) groups is 1. The summed E-state index contributed by atoms with van der Waals surface area (Å²) in [6, 6.07) is 9.01. The van der Waals surface area contributed by atoms with Crippen LogP contribution in [0.4, 0.5) is 0 Å². The van der Waals surface area contributed by atoms with Crippen LogP contribution >= 0.6 is 0 Å². The fourth-order valence-corrected chi connectivity index (χ4v) is 3.13. The molecule has 1 aliphatic rings. The summed E-state index contributed by atoms with van der Waals surface area (Å²) in [7, 11) is 3.21. The summed E-state index contributed by atoms with van der Waals surface area (Å²) in [6.45, 7) is 1.09. The minimum absolute atomic E-state index is 0.174. The number of aromatic nitrogens is 1. The molecule has 0 atom stereocenters. The maximum absolute atomic E-state index is 12.8. The van der Waals surface area contributed by atoms with Crippen LogP contribution in [0.1, 0.15) is 21.6 Å². The van der Waals surface area contributed by atoms with E-state index in [1.54, 1.807) is 43.6 Å². The van der Waals surface area contributed by atoms with Crippen LogP contribution in [0.15, 0.2) is 45.5 Å². The number of hydrogen-bond donors (Lipinski definition) is 0. The van der Waals surface area contributed by atoms with Gasteiger partial charge in [0.2, 0.25) is 5.76 Å². The Bertz CT molecular complexity index is 930. The predicted molar refractivity (Wildman–Crippen MR) is 92.2 cm³/mol. The smallest absolute Gasteiger partial charge is 0.276 e. The number of methoxy groups -OCH3 is 2. The SMILES string of the molecule is COc1cc2c(cc1OC)CN(C(=O)c1cc(-c3ccco3)on1)CC2. The Kier molecular flexibility index (Phi) is 4.12. The van der Waals surface area contributed by atoms with Crippen LogP contribution in [0.25, 0.3) is 11.5 Å². The van der Waals surface area contributed by atoms with Crippen LogP contribution in [-0.2, 0) is 13.0 Å². The molecule has 0 spiro atoms. The second-order valence-corrected chi connectivity index (χ2v) is 6.01. The quantitative estimate of drug-likeness (QED) is 0.716. The zero-order valence-electron chi connectivity index (χ0n) is 14.5. The largest absolute Gasteiger partial charge is 0.493 e. The van der Waals surface area contributed by atoms with Gasteiger partial charge in [0.15, 0.2) is 23.0 Å². The van der Waals surface area contributed by atoms with E-state index in [0.717, 1.165) is 17.5 Å². The third-order valence-corrected chi connectivity index (χ3v) is 4.50. The van der Waals surface area contributed by atoms with Crippen molar-refractivity contribution in [2.24, 2.45) is 0 Å². The van der Waals surface area contributed by atoms with Gasteiger partial charge in [-0.25, -0.2) is 0 Å². The normalized spacial score (nSPS) is 13.4. The maximum Gasteiger partial charge on any atom is 0.276 e. The van der Waals surface area contributed by atoms with Gasteiger partial charge in [-0.2, -0.15) is 0 Å². The van der Waals surface area contributed by atoms with Crippen molar-refractivity contribution in [2.75, 3.05) is 20.8 Å². The molecule has 0 unspecified atom stereocenters. The maximum atomic E-state index is 12.8. The Balaban J connectivity index is 1.56. The second-order valence-electron chi connectivity index (χ2n) is 6.01. The van der Waals surface area contributed by atoms with Gasteiger partial charge in [0, 0.05) is 19.2 Å². The van der Waals surface area contributed by atoms with E-state index in [0.29, 0.717) is 36.1 Å². The molecule has 0 fully saturated rings. The Labute approximate surface area is 150 Å². The zero-order valence-corrected chi connectivity index (χ0v) is 14.5. The van der Waals surface area contributed by atoms with E-state index in [-0.39, 0.29) is 11.6 Å². The molecule has 0 saturated heterocycles. The van der Waals surface area contributed by atoms with E-state index in [1.807, 2.05) is 12.1 Å². The molecule has 1 aromatic carbocycles. The summed E-state index contributed by atoms with van der Waals surface area (Å²) in [5.74, 6) is 2.15. The fraction of sp³-hybridized carbons (Fsp3) is 0.263. The van der Waals surface area contributed by atoms with Crippen molar-refractivity contribution in [1.82, 2.24) is 10.1 Å². The molecule has 0 radical (unpaired) electrons. The monoisotopic (exact) mass is 354 g/mol. The summed E-state index contributed by atoms with van der Waals surface area (Å²) in [5, 5.41) is 3.89. The molecular formula is C19H18N2O5. The number of fused-ring (bicyclic) bond motifs is 1. The van der Waals surface area contributed by atoms with Crippen LogP contribution in [0, 0.1) is 0 Å². The van der Waals surface area contributed by atoms with Gasteiger partial charge in [0.25, 0.3) is 5.91 Å². The Hall–Kier alpha value is -3.22. The van der Waals surface area contributed by atoms with Gasteiger partial charge >= 0.3 is 0 Å². The highest BCUT2D eigenvalue weighted by Crippen LogP contribution is 2.33. The van der Waals surface area contributed by atoms with Crippen molar-refractivity contribution in [3.63, 3.8) is 0 Å². The molecule has 0 bridgehead atoms. The van der Waals surface area contributed by atoms with E-state index >= 15 is 0 Å². The lowest BCUT2D eigenvalue weighted by molar-refractivity contribution is 0.0724. The molecule has 0 N–H and O–H groups in total. The molecule has 7 nitrogen and oxygen atoms in total. The third-order valence-electron chi connectivity index (χ3n) is 4.50. The molecule has 2 aromatic heterocycles. The number of rotatable bonds is 4. The summed E-state index contributed by atoms with van der Waals surface area (Å²) in [5.41, 5.74) is 2.46. The zero-order chi connectivity index (χ0) is 18.1. The van der Waals surface area contributed by atoms with Gasteiger partial charge in [-0.05, 0) is 41.8 Å². The van der Waals surface area contributed by atoms with E-state index in [9.17, 15) is 4.79 Å². The van der Waals surface area contributed by atoms with E-state index in [4.69, 9.17) is 18.4 Å². The number of ether oxygens (including phenoxy) is 2.